The number of carbonyl (C=O) groups excluding carboxylic acids is 1. The van der Waals surface area contributed by atoms with Crippen molar-refractivity contribution in [2.45, 2.75) is 6.92 Å². The third-order valence-corrected chi connectivity index (χ3v) is 4.80. The van der Waals surface area contributed by atoms with Gasteiger partial charge in [-0.15, -0.1) is 0 Å². The van der Waals surface area contributed by atoms with Crippen LogP contribution in [0.3, 0.4) is 0 Å². The lowest BCUT2D eigenvalue weighted by Crippen LogP contribution is -2.34. The molecule has 0 aliphatic heterocycles. The zero-order valence-corrected chi connectivity index (χ0v) is 17.5. The van der Waals surface area contributed by atoms with Crippen molar-refractivity contribution in [3.63, 3.8) is 0 Å². The molecule has 9 heteroatoms. The van der Waals surface area contributed by atoms with E-state index >= 15 is 0 Å². The molecular weight excluding hydrogens is 431 g/mol. The van der Waals surface area contributed by atoms with Gasteiger partial charge in [0.2, 0.25) is 5.89 Å². The van der Waals surface area contributed by atoms with Crippen LogP contribution in [0.2, 0.25) is 0 Å². The molecule has 0 atom stereocenters. The van der Waals surface area contributed by atoms with Crippen LogP contribution >= 0.6 is 12.2 Å². The van der Waals surface area contributed by atoms with Crippen molar-refractivity contribution >= 4 is 40.0 Å². The number of thiocarbonyl (C=S) groups is 1. The predicted molar refractivity (Wildman–Crippen MR) is 121 cm³/mol. The molecule has 3 aromatic carbocycles. The minimum absolute atomic E-state index is 0.0942. The molecule has 0 aliphatic carbocycles. The Kier molecular flexibility index (Phi) is 5.54. The molecule has 3 N–H and O–H groups in total. The van der Waals surface area contributed by atoms with Crippen molar-refractivity contribution in [1.82, 2.24) is 10.3 Å². The van der Waals surface area contributed by atoms with Crippen molar-refractivity contribution in [2.24, 2.45) is 0 Å². The van der Waals surface area contributed by atoms with Crippen molar-refractivity contribution in [3.05, 3.63) is 77.1 Å². The molecule has 158 valence electrons. The highest BCUT2D eigenvalue weighted by Crippen LogP contribution is 2.33. The zero-order chi connectivity index (χ0) is 22.8. The smallest absolute Gasteiger partial charge is 0.260 e. The summed E-state index contributed by atoms with van der Waals surface area (Å²) in [7, 11) is 0. The number of rotatable bonds is 3. The van der Waals surface area contributed by atoms with E-state index in [4.69, 9.17) is 21.9 Å². The van der Waals surface area contributed by atoms with E-state index in [-0.39, 0.29) is 27.9 Å². The number of hydrogen-bond donors (Lipinski definition) is 3. The zero-order valence-electron chi connectivity index (χ0n) is 16.6. The number of nitrogens with one attached hydrogen (secondary N) is 2. The second kappa shape index (κ2) is 8.45. The fourth-order valence-corrected chi connectivity index (χ4v) is 3.26. The average Bonchev–Trinajstić information content (AvgIpc) is 3.16. The first-order chi connectivity index (χ1) is 15.3. The van der Waals surface area contributed by atoms with Crippen LogP contribution in [0.1, 0.15) is 21.5 Å². The van der Waals surface area contributed by atoms with Gasteiger partial charge in [0.15, 0.2) is 10.7 Å². The molecule has 0 spiro atoms. The van der Waals surface area contributed by atoms with Crippen LogP contribution in [0.25, 0.3) is 22.6 Å². The number of benzene rings is 3. The van der Waals surface area contributed by atoms with Crippen molar-refractivity contribution < 1.29 is 18.7 Å². The summed E-state index contributed by atoms with van der Waals surface area (Å²) < 4.78 is 19.7. The van der Waals surface area contributed by atoms with Crippen LogP contribution in [0.15, 0.2) is 59.0 Å². The molecule has 0 saturated carbocycles. The number of aryl methyl sites for hydroxylation is 1. The van der Waals surface area contributed by atoms with Crippen LogP contribution in [0.4, 0.5) is 10.1 Å². The Labute approximate surface area is 187 Å². The second-order valence-electron chi connectivity index (χ2n) is 6.94. The number of hydrogen-bond acceptors (Lipinski definition) is 6. The van der Waals surface area contributed by atoms with Gasteiger partial charge in [-0.25, -0.2) is 9.37 Å². The molecule has 1 heterocycles. The standard InChI is InChI=1S/C23H15FN4O3S/c1-12-2-7-20-18(8-12)27-22(31-20)16-6-4-14(10-19(16)29)26-23(32)28-21(30)15-5-3-13(11-25)9-17(15)24/h2-10,29H,1H3,(H2,26,28,30,32). The van der Waals surface area contributed by atoms with Gasteiger partial charge in [-0.2, -0.15) is 5.26 Å². The van der Waals surface area contributed by atoms with Gasteiger partial charge in [-0.05, 0) is 67.2 Å². The van der Waals surface area contributed by atoms with Gasteiger partial charge >= 0.3 is 0 Å². The number of anilines is 1. The Balaban J connectivity index is 1.47. The first kappa shape index (κ1) is 21.0. The number of fused-ring (bicyclic) bond motifs is 1. The Morgan fingerprint density at radius 2 is 2.00 bits per heavy atom. The van der Waals surface area contributed by atoms with Crippen LogP contribution in [0.5, 0.6) is 5.75 Å². The molecule has 32 heavy (non-hydrogen) atoms. The third kappa shape index (κ3) is 4.26. The fourth-order valence-electron chi connectivity index (χ4n) is 3.04. The summed E-state index contributed by atoms with van der Waals surface area (Å²) in [4.78, 5) is 16.7. The van der Waals surface area contributed by atoms with Crippen molar-refractivity contribution in [1.29, 1.82) is 5.26 Å². The Bertz CT molecular complexity index is 1420. The maximum absolute atomic E-state index is 14.0. The summed E-state index contributed by atoms with van der Waals surface area (Å²) in [6.07, 6.45) is 0. The summed E-state index contributed by atoms with van der Waals surface area (Å²) >= 11 is 5.10. The topological polar surface area (TPSA) is 111 Å². The molecule has 1 aromatic heterocycles. The molecule has 4 aromatic rings. The number of oxazole rings is 1. The number of aromatic nitrogens is 1. The van der Waals surface area contributed by atoms with Crippen molar-refractivity contribution in [3.8, 4) is 23.3 Å². The Hall–Kier alpha value is -4.29. The first-order valence-electron chi connectivity index (χ1n) is 9.36. The van der Waals surface area contributed by atoms with Gasteiger partial charge in [0.1, 0.15) is 17.1 Å². The molecule has 1 amide bonds. The minimum Gasteiger partial charge on any atom is -0.507 e. The lowest BCUT2D eigenvalue weighted by molar-refractivity contribution is 0.0974. The number of phenolic OH excluding ortho intramolecular Hbond substituents is 1. The van der Waals surface area contributed by atoms with E-state index in [0.29, 0.717) is 22.4 Å². The normalized spacial score (nSPS) is 10.5. The number of aromatic hydroxyl groups is 1. The summed E-state index contributed by atoms with van der Waals surface area (Å²) in [6.45, 7) is 1.95. The molecule has 0 radical (unpaired) electrons. The average molecular weight is 446 g/mol. The summed E-state index contributed by atoms with van der Waals surface area (Å²) in [5, 5.41) is 24.2. The van der Waals surface area contributed by atoms with E-state index < -0.39 is 11.7 Å². The number of halogens is 1. The van der Waals surface area contributed by atoms with E-state index in [9.17, 15) is 14.3 Å². The first-order valence-corrected chi connectivity index (χ1v) is 9.77. The molecule has 4 rings (SSSR count). The van der Waals surface area contributed by atoms with Crippen LogP contribution in [-0.2, 0) is 0 Å². The van der Waals surface area contributed by atoms with E-state index in [0.717, 1.165) is 11.6 Å². The number of nitriles is 1. The fraction of sp³-hybridized carbons (Fsp3) is 0.0435. The van der Waals surface area contributed by atoms with E-state index in [2.05, 4.69) is 15.6 Å². The summed E-state index contributed by atoms with van der Waals surface area (Å²) in [6, 6.07) is 15.5. The van der Waals surface area contributed by atoms with Gasteiger partial charge in [-0.3, -0.25) is 10.1 Å². The molecule has 7 nitrogen and oxygen atoms in total. The molecule has 0 bridgehead atoms. The maximum atomic E-state index is 14.0. The molecule has 0 aliphatic rings. The van der Waals surface area contributed by atoms with E-state index in [1.807, 2.05) is 25.1 Å². The predicted octanol–water partition coefficient (Wildman–Crippen LogP) is 4.65. The van der Waals surface area contributed by atoms with Gasteiger partial charge in [-0.1, -0.05) is 6.07 Å². The number of nitrogens with zero attached hydrogens (tertiary/aromatic N) is 2. The highest BCUT2D eigenvalue weighted by Gasteiger charge is 2.16. The molecular formula is C23H15FN4O3S. The largest absolute Gasteiger partial charge is 0.507 e. The van der Waals surface area contributed by atoms with Crippen LogP contribution < -0.4 is 10.6 Å². The quantitative estimate of drug-likeness (QED) is 0.393. The monoisotopic (exact) mass is 446 g/mol. The maximum Gasteiger partial charge on any atom is 0.260 e. The van der Waals surface area contributed by atoms with Crippen molar-refractivity contribution in [2.75, 3.05) is 5.32 Å². The lowest BCUT2D eigenvalue weighted by atomic mass is 10.1. The minimum atomic E-state index is -0.833. The lowest BCUT2D eigenvalue weighted by Gasteiger charge is -2.11. The number of amides is 1. The van der Waals surface area contributed by atoms with Gasteiger partial charge in [0, 0.05) is 11.8 Å². The van der Waals surface area contributed by atoms with Gasteiger partial charge in [0.05, 0.1) is 22.8 Å². The number of phenols is 1. The highest BCUT2D eigenvalue weighted by molar-refractivity contribution is 7.80. The highest BCUT2D eigenvalue weighted by atomic mass is 32.1. The SMILES string of the molecule is Cc1ccc2oc(-c3ccc(NC(=S)NC(=O)c4ccc(C#N)cc4F)cc3O)nc2c1. The Morgan fingerprint density at radius 1 is 1.19 bits per heavy atom. The molecule has 0 unspecified atom stereocenters. The Morgan fingerprint density at radius 3 is 2.72 bits per heavy atom. The number of carbonyl (C=O) groups is 1. The summed E-state index contributed by atoms with van der Waals surface area (Å²) in [5.41, 5.74) is 2.95. The van der Waals surface area contributed by atoms with E-state index in [1.165, 1.54) is 18.2 Å². The van der Waals surface area contributed by atoms with E-state index in [1.54, 1.807) is 18.2 Å². The van der Waals surface area contributed by atoms with Gasteiger partial charge in [0.25, 0.3) is 5.91 Å². The summed E-state index contributed by atoms with van der Waals surface area (Å²) in [5.74, 6) is -1.45. The molecule has 0 fully saturated rings. The molecule has 0 saturated heterocycles. The third-order valence-electron chi connectivity index (χ3n) is 4.60. The van der Waals surface area contributed by atoms with Crippen LogP contribution in [-0.4, -0.2) is 21.1 Å². The van der Waals surface area contributed by atoms with Crippen LogP contribution in [0, 0.1) is 24.1 Å². The second-order valence-corrected chi connectivity index (χ2v) is 7.35. The van der Waals surface area contributed by atoms with Gasteiger partial charge < -0.3 is 14.8 Å².